The number of hydrogen-bond acceptors (Lipinski definition) is 3. The average molecular weight is 511 g/mol. The molecule has 1 aromatic rings. The van der Waals surface area contributed by atoms with Gasteiger partial charge in [0.25, 0.3) is 5.91 Å². The predicted molar refractivity (Wildman–Crippen MR) is 125 cm³/mol. The normalized spacial score (nSPS) is 19.5. The van der Waals surface area contributed by atoms with Crippen LogP contribution < -0.4 is 11.1 Å². The lowest BCUT2D eigenvalue weighted by Crippen LogP contribution is -2.56. The Bertz CT molecular complexity index is 684. The number of amides is 2. The molecule has 0 spiro atoms. The molecule has 2 aliphatic carbocycles. The molecule has 3 N–H and O–H groups in total. The Morgan fingerprint density at radius 1 is 1.03 bits per heavy atom. The molecule has 160 valence electrons. The second kappa shape index (κ2) is 11.3. The number of benzene rings is 1. The molecule has 0 heterocycles. The largest absolute Gasteiger partial charge is 0.352 e. The number of nitrogens with one attached hydrogen (secondary N) is 1. The maximum atomic E-state index is 13.7. The highest BCUT2D eigenvalue weighted by Gasteiger charge is 2.37. The van der Waals surface area contributed by atoms with Gasteiger partial charge in [-0.1, -0.05) is 50.7 Å². The summed E-state index contributed by atoms with van der Waals surface area (Å²) >= 11 is 2.21. The minimum Gasteiger partial charge on any atom is -0.352 e. The van der Waals surface area contributed by atoms with Crippen molar-refractivity contribution in [1.82, 2.24) is 10.2 Å². The maximum absolute atomic E-state index is 13.7. The van der Waals surface area contributed by atoms with E-state index in [4.69, 9.17) is 5.73 Å². The second-order valence-corrected chi connectivity index (χ2v) is 9.58. The van der Waals surface area contributed by atoms with Crippen LogP contribution in [-0.2, 0) is 4.79 Å². The van der Waals surface area contributed by atoms with Gasteiger partial charge in [0.05, 0.1) is 5.56 Å². The summed E-state index contributed by atoms with van der Waals surface area (Å²) in [5, 5.41) is 3.25. The van der Waals surface area contributed by atoms with Crippen LogP contribution in [0.15, 0.2) is 24.3 Å². The summed E-state index contributed by atoms with van der Waals surface area (Å²) < 4.78 is 0.926. The molecule has 6 heteroatoms. The van der Waals surface area contributed by atoms with Gasteiger partial charge in [-0.2, -0.15) is 0 Å². The van der Waals surface area contributed by atoms with E-state index in [0.29, 0.717) is 18.5 Å². The van der Waals surface area contributed by atoms with Crippen molar-refractivity contribution in [1.29, 1.82) is 0 Å². The monoisotopic (exact) mass is 511 g/mol. The van der Waals surface area contributed by atoms with Crippen LogP contribution in [0.5, 0.6) is 0 Å². The van der Waals surface area contributed by atoms with E-state index in [-0.39, 0.29) is 23.9 Å². The molecule has 1 unspecified atom stereocenters. The highest BCUT2D eigenvalue weighted by atomic mass is 127. The van der Waals surface area contributed by atoms with E-state index in [1.165, 1.54) is 25.7 Å². The van der Waals surface area contributed by atoms with Crippen molar-refractivity contribution in [2.24, 2.45) is 5.73 Å². The van der Waals surface area contributed by atoms with Crippen LogP contribution in [0.2, 0.25) is 0 Å². The number of carbonyl (C=O) groups excluding carboxylic acids is 2. The first-order valence-corrected chi connectivity index (χ1v) is 12.3. The molecule has 0 bridgehead atoms. The molecule has 1 aromatic carbocycles. The maximum Gasteiger partial charge on any atom is 0.255 e. The van der Waals surface area contributed by atoms with Crippen molar-refractivity contribution in [2.45, 2.75) is 88.8 Å². The molecule has 0 saturated heterocycles. The number of rotatable bonds is 7. The minimum absolute atomic E-state index is 0.0211. The molecule has 29 heavy (non-hydrogen) atoms. The zero-order valence-electron chi connectivity index (χ0n) is 17.2. The Morgan fingerprint density at radius 3 is 2.28 bits per heavy atom. The van der Waals surface area contributed by atoms with Crippen molar-refractivity contribution in [3.05, 3.63) is 33.4 Å². The lowest BCUT2D eigenvalue weighted by molar-refractivity contribution is -0.127. The van der Waals surface area contributed by atoms with Crippen LogP contribution >= 0.6 is 22.6 Å². The third kappa shape index (κ3) is 5.94. The number of hydrogen-bond donors (Lipinski definition) is 2. The van der Waals surface area contributed by atoms with Gasteiger partial charge >= 0.3 is 0 Å². The summed E-state index contributed by atoms with van der Waals surface area (Å²) in [6, 6.07) is 7.52. The quantitative estimate of drug-likeness (QED) is 0.538. The highest BCUT2D eigenvalue weighted by molar-refractivity contribution is 14.1. The van der Waals surface area contributed by atoms with Crippen molar-refractivity contribution < 1.29 is 9.59 Å². The van der Waals surface area contributed by atoms with Crippen molar-refractivity contribution in [2.75, 3.05) is 6.54 Å². The summed E-state index contributed by atoms with van der Waals surface area (Å²) in [4.78, 5) is 28.9. The molecule has 0 aromatic heterocycles. The van der Waals surface area contributed by atoms with Gasteiger partial charge in [-0.3, -0.25) is 9.59 Å². The Morgan fingerprint density at radius 2 is 1.66 bits per heavy atom. The molecular formula is C23H34IN3O2. The first-order valence-electron chi connectivity index (χ1n) is 11.2. The molecule has 2 fully saturated rings. The fraction of sp³-hybridized carbons (Fsp3) is 0.652. The topological polar surface area (TPSA) is 75.4 Å². The molecule has 5 nitrogen and oxygen atoms in total. The number of nitrogens with zero attached hydrogens (tertiary/aromatic N) is 1. The Kier molecular flexibility index (Phi) is 8.78. The molecule has 2 saturated carbocycles. The summed E-state index contributed by atoms with van der Waals surface area (Å²) in [6.07, 6.45) is 11.5. The molecule has 1 atom stereocenters. The lowest BCUT2D eigenvalue weighted by atomic mass is 9.91. The number of carbonyl (C=O) groups is 2. The summed E-state index contributed by atoms with van der Waals surface area (Å²) in [6.45, 7) is 0.394. The zero-order valence-corrected chi connectivity index (χ0v) is 19.4. The summed E-state index contributed by atoms with van der Waals surface area (Å²) in [5.74, 6) is -0.0497. The zero-order chi connectivity index (χ0) is 20.6. The van der Waals surface area contributed by atoms with Crippen LogP contribution in [-0.4, -0.2) is 41.4 Å². The van der Waals surface area contributed by atoms with Gasteiger partial charge in [0.2, 0.25) is 5.91 Å². The third-order valence-electron chi connectivity index (χ3n) is 6.34. The van der Waals surface area contributed by atoms with E-state index in [2.05, 4.69) is 27.9 Å². The summed E-state index contributed by atoms with van der Waals surface area (Å²) in [5.41, 5.74) is 6.60. The van der Waals surface area contributed by atoms with Crippen LogP contribution in [0.4, 0.5) is 0 Å². The fourth-order valence-electron chi connectivity index (χ4n) is 4.79. The molecule has 0 radical (unpaired) electrons. The fourth-order valence-corrected chi connectivity index (χ4v) is 5.41. The SMILES string of the molecule is NCCC(C(=O)NC1CCCCC1)N(C(=O)c1ccccc1I)C1CCCCC1. The molecule has 2 aliphatic rings. The van der Waals surface area contributed by atoms with E-state index in [1.807, 2.05) is 29.2 Å². The number of halogens is 1. The van der Waals surface area contributed by atoms with E-state index in [9.17, 15) is 9.59 Å². The van der Waals surface area contributed by atoms with Gasteiger partial charge in [0.1, 0.15) is 6.04 Å². The smallest absolute Gasteiger partial charge is 0.255 e. The second-order valence-electron chi connectivity index (χ2n) is 8.42. The van der Waals surface area contributed by atoms with Gasteiger partial charge < -0.3 is 16.0 Å². The van der Waals surface area contributed by atoms with Crippen molar-refractivity contribution >= 4 is 34.4 Å². The standard InChI is InChI=1S/C23H34IN3O2/c24-20-14-8-7-13-19(20)23(29)27(18-11-5-2-6-12-18)21(15-16-25)22(28)26-17-9-3-1-4-10-17/h7-8,13-14,17-18,21H,1-6,9-12,15-16,25H2,(H,26,28). The van der Waals surface area contributed by atoms with E-state index >= 15 is 0 Å². The molecule has 2 amide bonds. The van der Waals surface area contributed by atoms with Gasteiger partial charge in [0, 0.05) is 15.7 Å². The van der Waals surface area contributed by atoms with Gasteiger partial charge in [0.15, 0.2) is 0 Å². The lowest BCUT2D eigenvalue weighted by Gasteiger charge is -2.40. The average Bonchev–Trinajstić information content (AvgIpc) is 2.75. The van der Waals surface area contributed by atoms with Crippen LogP contribution in [0.1, 0.15) is 81.0 Å². The highest BCUT2D eigenvalue weighted by Crippen LogP contribution is 2.28. The Labute approximate surface area is 188 Å². The van der Waals surface area contributed by atoms with E-state index in [0.717, 1.165) is 42.1 Å². The van der Waals surface area contributed by atoms with E-state index in [1.54, 1.807) is 0 Å². The van der Waals surface area contributed by atoms with E-state index < -0.39 is 6.04 Å². The third-order valence-corrected chi connectivity index (χ3v) is 7.28. The summed E-state index contributed by atoms with van der Waals surface area (Å²) in [7, 11) is 0. The van der Waals surface area contributed by atoms with Crippen LogP contribution in [0.3, 0.4) is 0 Å². The van der Waals surface area contributed by atoms with Gasteiger partial charge in [-0.25, -0.2) is 0 Å². The number of nitrogens with two attached hydrogens (primary N) is 1. The first-order chi connectivity index (χ1) is 14.1. The van der Waals surface area contributed by atoms with Crippen molar-refractivity contribution in [3.63, 3.8) is 0 Å². The first kappa shape index (κ1) is 22.5. The Hall–Kier alpha value is -1.15. The van der Waals surface area contributed by atoms with Gasteiger partial charge in [-0.15, -0.1) is 0 Å². The van der Waals surface area contributed by atoms with Crippen molar-refractivity contribution in [3.8, 4) is 0 Å². The van der Waals surface area contributed by atoms with Crippen LogP contribution in [0, 0.1) is 3.57 Å². The van der Waals surface area contributed by atoms with Gasteiger partial charge in [-0.05, 0) is 73.4 Å². The predicted octanol–water partition coefficient (Wildman–Crippen LogP) is 4.23. The molecule has 0 aliphatic heterocycles. The Balaban J connectivity index is 1.86. The molecule has 3 rings (SSSR count). The minimum atomic E-state index is -0.492. The molecular weight excluding hydrogens is 477 g/mol. The van der Waals surface area contributed by atoms with Crippen LogP contribution in [0.25, 0.3) is 0 Å².